The van der Waals surface area contributed by atoms with Crippen molar-refractivity contribution in [1.82, 2.24) is 10.2 Å². The molecule has 0 aliphatic rings. The van der Waals surface area contributed by atoms with E-state index in [-0.39, 0.29) is 0 Å². The van der Waals surface area contributed by atoms with Crippen molar-refractivity contribution in [3.8, 4) is 0 Å². The molecule has 0 atom stereocenters. The van der Waals surface area contributed by atoms with Crippen molar-refractivity contribution in [2.75, 3.05) is 24.7 Å². The van der Waals surface area contributed by atoms with Crippen molar-refractivity contribution in [2.24, 2.45) is 0 Å². The van der Waals surface area contributed by atoms with E-state index >= 15 is 0 Å². The smallest absolute Gasteiger partial charge is 0.317 e. The van der Waals surface area contributed by atoms with Crippen LogP contribution in [0.1, 0.15) is 11.5 Å². The number of nitrogen functional groups attached to an aromatic ring is 1. The minimum atomic E-state index is 0.535. The number of rotatable bonds is 4. The number of nitrogens with two attached hydrogens (primary N) is 1. The summed E-state index contributed by atoms with van der Waals surface area (Å²) in [7, 11) is 3.74. The van der Waals surface area contributed by atoms with Gasteiger partial charge in [0.1, 0.15) is 0 Å². The topological polar surface area (TPSA) is 68.2 Å². The molecular weight excluding hydrogens is 216 g/mol. The SMILES string of the molecule is CN(C)c1nnc(CCc2cccc(N)c2)o1. The van der Waals surface area contributed by atoms with Gasteiger partial charge in [-0.25, -0.2) is 0 Å². The number of anilines is 2. The van der Waals surface area contributed by atoms with Crippen LogP contribution in [0, 0.1) is 0 Å². The number of benzene rings is 1. The fraction of sp³-hybridized carbons (Fsp3) is 0.333. The molecule has 0 unspecified atom stereocenters. The minimum absolute atomic E-state index is 0.535. The molecule has 0 radical (unpaired) electrons. The highest BCUT2D eigenvalue weighted by Crippen LogP contribution is 2.12. The van der Waals surface area contributed by atoms with Crippen LogP contribution in [-0.4, -0.2) is 24.3 Å². The van der Waals surface area contributed by atoms with Gasteiger partial charge in [0.15, 0.2) is 0 Å². The van der Waals surface area contributed by atoms with Crippen LogP contribution in [0.3, 0.4) is 0 Å². The summed E-state index contributed by atoms with van der Waals surface area (Å²) in [5, 5.41) is 7.92. The van der Waals surface area contributed by atoms with Gasteiger partial charge in [-0.1, -0.05) is 17.2 Å². The Morgan fingerprint density at radius 3 is 2.71 bits per heavy atom. The summed E-state index contributed by atoms with van der Waals surface area (Å²) in [4.78, 5) is 1.79. The summed E-state index contributed by atoms with van der Waals surface area (Å²) in [5.74, 6) is 0.649. The van der Waals surface area contributed by atoms with Crippen LogP contribution in [0.25, 0.3) is 0 Å². The molecule has 0 fully saturated rings. The monoisotopic (exact) mass is 232 g/mol. The third-order valence-corrected chi connectivity index (χ3v) is 2.42. The van der Waals surface area contributed by atoms with Crippen LogP contribution < -0.4 is 10.6 Å². The molecule has 2 N–H and O–H groups in total. The average Bonchev–Trinajstić information content (AvgIpc) is 2.75. The van der Waals surface area contributed by atoms with E-state index in [1.54, 1.807) is 4.90 Å². The maximum atomic E-state index is 5.71. The van der Waals surface area contributed by atoms with Crippen LogP contribution in [0.5, 0.6) is 0 Å². The van der Waals surface area contributed by atoms with Gasteiger partial charge in [-0.05, 0) is 24.1 Å². The second-order valence-electron chi connectivity index (χ2n) is 4.12. The van der Waals surface area contributed by atoms with Crippen molar-refractivity contribution < 1.29 is 4.42 Å². The molecular formula is C12H16N4O. The predicted octanol–water partition coefficient (Wildman–Crippen LogP) is 1.50. The van der Waals surface area contributed by atoms with Crippen molar-refractivity contribution in [3.63, 3.8) is 0 Å². The fourth-order valence-corrected chi connectivity index (χ4v) is 1.53. The maximum absolute atomic E-state index is 5.71. The lowest BCUT2D eigenvalue weighted by Gasteiger charge is -2.03. The van der Waals surface area contributed by atoms with E-state index in [2.05, 4.69) is 10.2 Å². The molecule has 0 amide bonds. The molecule has 2 aromatic rings. The summed E-state index contributed by atoms with van der Waals surface area (Å²) < 4.78 is 5.47. The maximum Gasteiger partial charge on any atom is 0.317 e. The molecule has 0 saturated carbocycles. The third-order valence-electron chi connectivity index (χ3n) is 2.42. The van der Waals surface area contributed by atoms with E-state index in [9.17, 15) is 0 Å². The van der Waals surface area contributed by atoms with Gasteiger partial charge in [0.05, 0.1) is 0 Å². The average molecular weight is 232 g/mol. The van der Waals surface area contributed by atoms with E-state index in [4.69, 9.17) is 10.2 Å². The molecule has 1 heterocycles. The largest absolute Gasteiger partial charge is 0.408 e. The summed E-state index contributed by atoms with van der Waals surface area (Å²) in [6, 6.07) is 8.36. The van der Waals surface area contributed by atoms with E-state index in [0.717, 1.165) is 18.5 Å². The summed E-state index contributed by atoms with van der Waals surface area (Å²) >= 11 is 0. The molecule has 5 nitrogen and oxygen atoms in total. The van der Waals surface area contributed by atoms with E-state index in [0.29, 0.717) is 11.9 Å². The first-order chi connectivity index (χ1) is 8.15. The third kappa shape index (κ3) is 2.96. The number of aryl methyl sites for hydroxylation is 2. The van der Waals surface area contributed by atoms with E-state index in [1.807, 2.05) is 38.4 Å². The number of hydrogen-bond acceptors (Lipinski definition) is 5. The summed E-state index contributed by atoms with van der Waals surface area (Å²) in [6.45, 7) is 0. The lowest BCUT2D eigenvalue weighted by molar-refractivity contribution is 0.494. The lowest BCUT2D eigenvalue weighted by Crippen LogP contribution is -2.08. The van der Waals surface area contributed by atoms with Crippen molar-refractivity contribution in [3.05, 3.63) is 35.7 Å². The molecule has 1 aromatic carbocycles. The number of aromatic nitrogens is 2. The Hall–Kier alpha value is -2.04. The van der Waals surface area contributed by atoms with Crippen LogP contribution >= 0.6 is 0 Å². The standard InChI is InChI=1S/C12H16N4O/c1-16(2)12-15-14-11(17-12)7-6-9-4-3-5-10(13)8-9/h3-5,8H,6-7,13H2,1-2H3. The molecule has 5 heteroatoms. The van der Waals surface area contributed by atoms with Crippen LogP contribution in [-0.2, 0) is 12.8 Å². The zero-order valence-corrected chi connectivity index (χ0v) is 10.1. The van der Waals surface area contributed by atoms with E-state index < -0.39 is 0 Å². The first-order valence-electron chi connectivity index (χ1n) is 5.49. The van der Waals surface area contributed by atoms with Crippen LogP contribution in [0.15, 0.2) is 28.7 Å². The highest BCUT2D eigenvalue weighted by molar-refractivity contribution is 5.40. The Morgan fingerprint density at radius 1 is 1.24 bits per heavy atom. The predicted molar refractivity (Wildman–Crippen MR) is 66.9 cm³/mol. The molecule has 17 heavy (non-hydrogen) atoms. The Bertz CT molecular complexity index is 493. The quantitative estimate of drug-likeness (QED) is 0.809. The lowest BCUT2D eigenvalue weighted by atomic mass is 10.1. The van der Waals surface area contributed by atoms with Gasteiger partial charge in [-0.2, -0.15) is 0 Å². The first kappa shape index (κ1) is 11.4. The van der Waals surface area contributed by atoms with Crippen LogP contribution in [0.2, 0.25) is 0 Å². The minimum Gasteiger partial charge on any atom is -0.408 e. The van der Waals surface area contributed by atoms with Gasteiger partial charge in [-0.3, -0.25) is 0 Å². The summed E-state index contributed by atoms with van der Waals surface area (Å²) in [5.41, 5.74) is 7.67. The first-order valence-corrected chi connectivity index (χ1v) is 5.49. The normalized spacial score (nSPS) is 10.5. The molecule has 2 rings (SSSR count). The van der Waals surface area contributed by atoms with Gasteiger partial charge < -0.3 is 15.1 Å². The van der Waals surface area contributed by atoms with Gasteiger partial charge in [0.2, 0.25) is 5.89 Å². The highest BCUT2D eigenvalue weighted by atomic mass is 16.4. The van der Waals surface area contributed by atoms with E-state index in [1.165, 1.54) is 5.56 Å². The van der Waals surface area contributed by atoms with Crippen molar-refractivity contribution in [2.45, 2.75) is 12.8 Å². The number of nitrogens with zero attached hydrogens (tertiary/aromatic N) is 3. The van der Waals surface area contributed by atoms with Crippen molar-refractivity contribution in [1.29, 1.82) is 0 Å². The Labute approximate surface area is 100 Å². The van der Waals surface area contributed by atoms with Crippen LogP contribution in [0.4, 0.5) is 11.7 Å². The van der Waals surface area contributed by atoms with Gasteiger partial charge >= 0.3 is 6.01 Å². The fourth-order valence-electron chi connectivity index (χ4n) is 1.53. The second kappa shape index (κ2) is 4.86. The molecule has 0 bridgehead atoms. The molecule has 0 aliphatic heterocycles. The summed E-state index contributed by atoms with van der Waals surface area (Å²) in [6.07, 6.45) is 1.57. The highest BCUT2D eigenvalue weighted by Gasteiger charge is 2.07. The molecule has 0 spiro atoms. The molecule has 1 aromatic heterocycles. The Morgan fingerprint density at radius 2 is 2.06 bits per heavy atom. The molecule has 0 aliphatic carbocycles. The molecule has 90 valence electrons. The zero-order valence-electron chi connectivity index (χ0n) is 10.1. The van der Waals surface area contributed by atoms with Crippen molar-refractivity contribution >= 4 is 11.7 Å². The van der Waals surface area contributed by atoms with Gasteiger partial charge in [-0.15, -0.1) is 5.10 Å². The second-order valence-corrected chi connectivity index (χ2v) is 4.12. The number of hydrogen-bond donors (Lipinski definition) is 1. The van der Waals surface area contributed by atoms with Gasteiger partial charge in [0, 0.05) is 26.2 Å². The Balaban J connectivity index is 1.97. The van der Waals surface area contributed by atoms with Gasteiger partial charge in [0.25, 0.3) is 0 Å². The Kier molecular flexibility index (Phi) is 3.27. The zero-order chi connectivity index (χ0) is 12.3. The molecule has 0 saturated heterocycles.